The number of aromatic nitrogens is 7. The maximum Gasteiger partial charge on any atom is 0.312 e. The maximum absolute atomic E-state index is 15.1. The number of aromatic amines is 1. The summed E-state index contributed by atoms with van der Waals surface area (Å²) >= 11 is 1.41. The predicted octanol–water partition coefficient (Wildman–Crippen LogP) is 6.30. The van der Waals surface area contributed by atoms with Gasteiger partial charge in [0.2, 0.25) is 5.82 Å². The number of unbranched alkanes of at least 4 members (excludes halogenated alkanes) is 2. The first kappa shape index (κ1) is 24.9. The van der Waals surface area contributed by atoms with Crippen molar-refractivity contribution >= 4 is 11.3 Å². The van der Waals surface area contributed by atoms with E-state index in [0.717, 1.165) is 41.5 Å². The van der Waals surface area contributed by atoms with Crippen LogP contribution in [0.5, 0.6) is 0 Å². The standard InChI is InChI=1S/C27H27F2N7S/c1-2-3-4-9-24-30-26(27(28,29)16-20-14-15-37-18-20)33-36(24)17-19-10-12-21(13-11-19)22-7-5-6-8-23(22)25-31-34-35-32-25/h5-8,10-15,18H,2-4,9,16-17H2,1H3,(H,31,32,34,35). The van der Waals surface area contributed by atoms with E-state index in [9.17, 15) is 0 Å². The molecule has 5 rings (SSSR count). The number of H-pyrrole nitrogens is 1. The molecule has 0 unspecified atom stereocenters. The summed E-state index contributed by atoms with van der Waals surface area (Å²) < 4.78 is 31.8. The molecule has 0 atom stereocenters. The van der Waals surface area contributed by atoms with Crippen LogP contribution in [0.3, 0.4) is 0 Å². The number of alkyl halides is 2. The van der Waals surface area contributed by atoms with Gasteiger partial charge in [0.15, 0.2) is 5.82 Å². The van der Waals surface area contributed by atoms with Gasteiger partial charge >= 0.3 is 5.92 Å². The Morgan fingerprint density at radius 3 is 2.49 bits per heavy atom. The van der Waals surface area contributed by atoms with Crippen LogP contribution in [0.15, 0.2) is 65.4 Å². The van der Waals surface area contributed by atoms with Gasteiger partial charge in [0.25, 0.3) is 0 Å². The summed E-state index contributed by atoms with van der Waals surface area (Å²) in [5.41, 5.74) is 4.43. The molecule has 5 aromatic rings. The molecule has 3 heterocycles. The van der Waals surface area contributed by atoms with Gasteiger partial charge in [-0.15, -0.1) is 10.2 Å². The summed E-state index contributed by atoms with van der Waals surface area (Å²) in [5, 5.41) is 22.0. The van der Waals surface area contributed by atoms with Gasteiger partial charge in [-0.3, -0.25) is 0 Å². The molecule has 0 fully saturated rings. The van der Waals surface area contributed by atoms with Crippen LogP contribution in [0.1, 0.15) is 49.0 Å². The normalized spacial score (nSPS) is 11.8. The summed E-state index contributed by atoms with van der Waals surface area (Å²) in [7, 11) is 0. The van der Waals surface area contributed by atoms with E-state index in [2.05, 4.69) is 37.6 Å². The first-order valence-electron chi connectivity index (χ1n) is 12.3. The highest BCUT2D eigenvalue weighted by Crippen LogP contribution is 2.32. The molecule has 0 saturated heterocycles. The Hall–Kier alpha value is -3.79. The van der Waals surface area contributed by atoms with E-state index in [-0.39, 0.29) is 0 Å². The second kappa shape index (κ2) is 11.1. The number of nitrogens with zero attached hydrogens (tertiary/aromatic N) is 6. The Kier molecular flexibility index (Phi) is 7.45. The predicted molar refractivity (Wildman–Crippen MR) is 139 cm³/mol. The van der Waals surface area contributed by atoms with Crippen molar-refractivity contribution in [3.05, 3.63) is 88.1 Å². The zero-order valence-electron chi connectivity index (χ0n) is 20.4. The third-order valence-electron chi connectivity index (χ3n) is 6.21. The zero-order valence-corrected chi connectivity index (χ0v) is 21.3. The van der Waals surface area contributed by atoms with Crippen LogP contribution in [0.2, 0.25) is 0 Å². The lowest BCUT2D eigenvalue weighted by Gasteiger charge is -2.11. The van der Waals surface area contributed by atoms with Crippen LogP contribution in [0, 0.1) is 0 Å². The van der Waals surface area contributed by atoms with E-state index in [1.807, 2.05) is 48.5 Å². The number of rotatable bonds is 11. The second-order valence-corrected chi connectivity index (χ2v) is 9.75. The fraction of sp³-hybridized carbons (Fsp3) is 0.296. The number of hydrogen-bond donors (Lipinski definition) is 1. The number of aryl methyl sites for hydroxylation is 1. The SMILES string of the molecule is CCCCCc1nc(C(F)(F)Cc2ccsc2)nn1Cc1ccc(-c2ccccc2-c2nnn[nH]2)cc1. The first-order chi connectivity index (χ1) is 18.0. The Morgan fingerprint density at radius 1 is 0.973 bits per heavy atom. The van der Waals surface area contributed by atoms with Crippen molar-refractivity contribution in [1.82, 2.24) is 35.4 Å². The number of hydrogen-bond acceptors (Lipinski definition) is 6. The summed E-state index contributed by atoms with van der Waals surface area (Å²) in [6, 6.07) is 17.6. The molecule has 3 aromatic heterocycles. The molecule has 0 amide bonds. The molecule has 0 spiro atoms. The van der Waals surface area contributed by atoms with E-state index in [1.165, 1.54) is 11.3 Å². The molecular weight excluding hydrogens is 492 g/mol. The molecule has 0 aliphatic rings. The molecule has 7 nitrogen and oxygen atoms in total. The second-order valence-electron chi connectivity index (χ2n) is 8.97. The van der Waals surface area contributed by atoms with Gasteiger partial charge in [0, 0.05) is 18.4 Å². The van der Waals surface area contributed by atoms with Crippen molar-refractivity contribution in [3.63, 3.8) is 0 Å². The minimum atomic E-state index is -3.13. The van der Waals surface area contributed by atoms with E-state index >= 15 is 8.78 Å². The average molecular weight is 520 g/mol. The van der Waals surface area contributed by atoms with Crippen LogP contribution in [0.4, 0.5) is 8.78 Å². The largest absolute Gasteiger partial charge is 0.312 e. The Labute approximate surface area is 217 Å². The van der Waals surface area contributed by atoms with E-state index in [4.69, 9.17) is 0 Å². The molecule has 0 aliphatic heterocycles. The van der Waals surface area contributed by atoms with Crippen LogP contribution < -0.4 is 0 Å². The van der Waals surface area contributed by atoms with Gasteiger partial charge in [0.05, 0.1) is 6.54 Å². The van der Waals surface area contributed by atoms with Crippen LogP contribution in [-0.2, 0) is 25.3 Å². The molecule has 1 N–H and O–H groups in total. The average Bonchev–Trinajstić information content (AvgIpc) is 3.68. The molecule has 0 saturated carbocycles. The van der Waals surface area contributed by atoms with E-state index in [1.54, 1.807) is 21.5 Å². The molecule has 0 aliphatic carbocycles. The molecule has 37 heavy (non-hydrogen) atoms. The van der Waals surface area contributed by atoms with Gasteiger partial charge in [-0.2, -0.15) is 20.1 Å². The third-order valence-corrected chi connectivity index (χ3v) is 6.94. The Morgan fingerprint density at radius 2 is 1.78 bits per heavy atom. The van der Waals surface area contributed by atoms with Crippen molar-refractivity contribution in [2.24, 2.45) is 0 Å². The smallest absolute Gasteiger partial charge is 0.245 e. The lowest BCUT2D eigenvalue weighted by Crippen LogP contribution is -2.19. The lowest BCUT2D eigenvalue weighted by molar-refractivity contribution is -0.0132. The van der Waals surface area contributed by atoms with Crippen molar-refractivity contribution in [2.45, 2.75) is 51.5 Å². The topological polar surface area (TPSA) is 85.2 Å². The van der Waals surface area contributed by atoms with Gasteiger partial charge in [-0.05, 0) is 55.9 Å². The van der Waals surface area contributed by atoms with Crippen LogP contribution in [-0.4, -0.2) is 35.4 Å². The van der Waals surface area contributed by atoms with Gasteiger partial charge < -0.3 is 0 Å². The number of halogens is 2. The van der Waals surface area contributed by atoms with E-state index < -0.39 is 18.2 Å². The minimum absolute atomic E-state index is 0.372. The van der Waals surface area contributed by atoms with Gasteiger partial charge in [0.1, 0.15) is 5.82 Å². The number of thiophene rings is 1. The summed E-state index contributed by atoms with van der Waals surface area (Å²) in [4.78, 5) is 4.32. The minimum Gasteiger partial charge on any atom is -0.245 e. The molecule has 190 valence electrons. The third kappa shape index (κ3) is 5.80. The van der Waals surface area contributed by atoms with Crippen molar-refractivity contribution in [3.8, 4) is 22.5 Å². The monoisotopic (exact) mass is 519 g/mol. The Balaban J connectivity index is 1.39. The first-order valence-corrected chi connectivity index (χ1v) is 13.2. The van der Waals surface area contributed by atoms with Crippen LogP contribution in [0.25, 0.3) is 22.5 Å². The fourth-order valence-corrected chi connectivity index (χ4v) is 4.95. The fourth-order valence-electron chi connectivity index (χ4n) is 4.28. The van der Waals surface area contributed by atoms with Crippen LogP contribution >= 0.6 is 11.3 Å². The number of benzene rings is 2. The number of nitrogens with one attached hydrogen (secondary N) is 1. The maximum atomic E-state index is 15.1. The Bertz CT molecular complexity index is 1410. The molecule has 10 heteroatoms. The molecule has 0 bridgehead atoms. The lowest BCUT2D eigenvalue weighted by atomic mass is 9.98. The highest BCUT2D eigenvalue weighted by molar-refractivity contribution is 7.07. The van der Waals surface area contributed by atoms with E-state index in [0.29, 0.717) is 30.2 Å². The number of tetrazole rings is 1. The molecule has 2 aromatic carbocycles. The van der Waals surface area contributed by atoms with Crippen molar-refractivity contribution in [2.75, 3.05) is 0 Å². The van der Waals surface area contributed by atoms with Crippen molar-refractivity contribution < 1.29 is 8.78 Å². The highest BCUT2D eigenvalue weighted by Gasteiger charge is 2.37. The van der Waals surface area contributed by atoms with Gasteiger partial charge in [-0.25, -0.2) is 14.8 Å². The van der Waals surface area contributed by atoms with Gasteiger partial charge in [-0.1, -0.05) is 68.3 Å². The van der Waals surface area contributed by atoms with Crippen molar-refractivity contribution in [1.29, 1.82) is 0 Å². The summed E-state index contributed by atoms with van der Waals surface area (Å²) in [5.74, 6) is -2.35. The quantitative estimate of drug-likeness (QED) is 0.207. The molecule has 0 radical (unpaired) electrons. The summed E-state index contributed by atoms with van der Waals surface area (Å²) in [6.45, 7) is 2.49. The highest BCUT2D eigenvalue weighted by atomic mass is 32.1. The zero-order chi connectivity index (χ0) is 25.7. The molecular formula is C27H27F2N7S. The summed E-state index contributed by atoms with van der Waals surface area (Å²) in [6.07, 6.45) is 3.16.